The van der Waals surface area contributed by atoms with E-state index in [1.807, 2.05) is 26.0 Å². The highest BCUT2D eigenvalue weighted by molar-refractivity contribution is 5.30. The van der Waals surface area contributed by atoms with Crippen LogP contribution in [0.4, 0.5) is 0 Å². The van der Waals surface area contributed by atoms with E-state index < -0.39 is 0 Å². The van der Waals surface area contributed by atoms with Crippen molar-refractivity contribution in [3.05, 3.63) is 29.8 Å². The molecule has 0 spiro atoms. The van der Waals surface area contributed by atoms with Crippen molar-refractivity contribution in [2.75, 3.05) is 0 Å². The van der Waals surface area contributed by atoms with Gasteiger partial charge in [-0.25, -0.2) is 0 Å². The Labute approximate surface area is 97.8 Å². The summed E-state index contributed by atoms with van der Waals surface area (Å²) < 4.78 is 5.67. The van der Waals surface area contributed by atoms with Gasteiger partial charge in [0.25, 0.3) is 0 Å². The zero-order valence-corrected chi connectivity index (χ0v) is 10.1. The lowest BCUT2D eigenvalue weighted by molar-refractivity contribution is 0.242. The van der Waals surface area contributed by atoms with Crippen LogP contribution >= 0.6 is 0 Å². The Morgan fingerprint density at radius 1 is 1.38 bits per heavy atom. The first kappa shape index (κ1) is 11.5. The topological polar surface area (TPSA) is 35.2 Å². The van der Waals surface area contributed by atoms with Gasteiger partial charge in [0, 0.05) is 6.04 Å². The Morgan fingerprint density at radius 3 is 2.75 bits per heavy atom. The highest BCUT2D eigenvalue weighted by atomic mass is 16.5. The van der Waals surface area contributed by atoms with Gasteiger partial charge < -0.3 is 10.5 Å². The van der Waals surface area contributed by atoms with E-state index in [9.17, 15) is 0 Å². The Balaban J connectivity index is 2.01. The molecule has 0 heterocycles. The highest BCUT2D eigenvalue weighted by Gasteiger charge is 2.24. The van der Waals surface area contributed by atoms with Gasteiger partial charge in [-0.1, -0.05) is 25.0 Å². The van der Waals surface area contributed by atoms with E-state index in [4.69, 9.17) is 10.5 Å². The predicted octanol–water partition coefficient (Wildman–Crippen LogP) is 3.27. The molecule has 2 heteroatoms. The maximum absolute atomic E-state index is 6.18. The average molecular weight is 219 g/mol. The fourth-order valence-electron chi connectivity index (χ4n) is 1.94. The molecule has 2 N–H and O–H groups in total. The van der Waals surface area contributed by atoms with Crippen LogP contribution in [0.3, 0.4) is 0 Å². The van der Waals surface area contributed by atoms with Gasteiger partial charge >= 0.3 is 0 Å². The zero-order valence-electron chi connectivity index (χ0n) is 10.1. The van der Waals surface area contributed by atoms with Gasteiger partial charge in [0.1, 0.15) is 5.75 Å². The van der Waals surface area contributed by atoms with Gasteiger partial charge in [-0.15, -0.1) is 0 Å². The first-order chi connectivity index (χ1) is 7.65. The summed E-state index contributed by atoms with van der Waals surface area (Å²) in [5.74, 6) is 1.79. The second-order valence-electron chi connectivity index (χ2n) is 5.02. The minimum Gasteiger partial charge on any atom is -0.491 e. The minimum absolute atomic E-state index is 0.170. The number of benzene rings is 1. The number of hydrogen-bond donors (Lipinski definition) is 1. The number of nitrogens with two attached hydrogens (primary N) is 1. The van der Waals surface area contributed by atoms with Crippen LogP contribution in [0.5, 0.6) is 5.75 Å². The van der Waals surface area contributed by atoms with E-state index in [1.165, 1.54) is 18.4 Å². The predicted molar refractivity (Wildman–Crippen MR) is 66.5 cm³/mol. The largest absolute Gasteiger partial charge is 0.491 e. The molecular weight excluding hydrogens is 198 g/mol. The van der Waals surface area contributed by atoms with Crippen molar-refractivity contribution >= 4 is 0 Å². The lowest BCUT2D eigenvalue weighted by Crippen LogP contribution is -2.12. The Hall–Kier alpha value is -1.02. The van der Waals surface area contributed by atoms with Gasteiger partial charge in [-0.05, 0) is 43.9 Å². The third kappa shape index (κ3) is 3.24. The van der Waals surface area contributed by atoms with Crippen LogP contribution in [-0.4, -0.2) is 6.10 Å². The first-order valence-corrected chi connectivity index (χ1v) is 6.17. The van der Waals surface area contributed by atoms with Gasteiger partial charge in [0.15, 0.2) is 0 Å². The van der Waals surface area contributed by atoms with Crippen LogP contribution in [0.15, 0.2) is 24.3 Å². The first-order valence-electron chi connectivity index (χ1n) is 6.17. The highest BCUT2D eigenvalue weighted by Crippen LogP contribution is 2.37. The van der Waals surface area contributed by atoms with Crippen molar-refractivity contribution in [3.8, 4) is 5.75 Å². The SMILES string of the molecule is CC(C)Oc1cccc(C(N)CC2CC2)c1. The van der Waals surface area contributed by atoms with Gasteiger partial charge in [0.2, 0.25) is 0 Å². The second-order valence-corrected chi connectivity index (χ2v) is 5.02. The van der Waals surface area contributed by atoms with Gasteiger partial charge in [0.05, 0.1) is 6.10 Å². The molecule has 1 aromatic rings. The van der Waals surface area contributed by atoms with E-state index in [1.54, 1.807) is 0 Å². The summed E-state index contributed by atoms with van der Waals surface area (Å²) in [7, 11) is 0. The van der Waals surface area contributed by atoms with Crippen LogP contribution in [-0.2, 0) is 0 Å². The van der Waals surface area contributed by atoms with Gasteiger partial charge in [-0.2, -0.15) is 0 Å². The minimum atomic E-state index is 0.170. The molecule has 0 amide bonds. The molecule has 2 nitrogen and oxygen atoms in total. The summed E-state index contributed by atoms with van der Waals surface area (Å²) >= 11 is 0. The molecular formula is C14H21NO. The molecule has 1 unspecified atom stereocenters. The van der Waals surface area contributed by atoms with E-state index in [0.717, 1.165) is 18.1 Å². The van der Waals surface area contributed by atoms with Crippen LogP contribution < -0.4 is 10.5 Å². The Bertz CT molecular complexity index is 344. The van der Waals surface area contributed by atoms with Gasteiger partial charge in [-0.3, -0.25) is 0 Å². The van der Waals surface area contributed by atoms with Crippen LogP contribution in [0.1, 0.15) is 44.7 Å². The fraction of sp³-hybridized carbons (Fsp3) is 0.571. The van der Waals surface area contributed by atoms with Crippen molar-refractivity contribution in [2.24, 2.45) is 11.7 Å². The van der Waals surface area contributed by atoms with Crippen molar-refractivity contribution in [2.45, 2.75) is 45.3 Å². The number of hydrogen-bond acceptors (Lipinski definition) is 2. The third-order valence-electron chi connectivity index (χ3n) is 2.94. The molecule has 88 valence electrons. The zero-order chi connectivity index (χ0) is 11.5. The molecule has 0 bridgehead atoms. The molecule has 1 aliphatic carbocycles. The van der Waals surface area contributed by atoms with Crippen molar-refractivity contribution in [1.82, 2.24) is 0 Å². The van der Waals surface area contributed by atoms with Crippen molar-refractivity contribution in [3.63, 3.8) is 0 Å². The molecule has 0 radical (unpaired) electrons. The monoisotopic (exact) mass is 219 g/mol. The number of rotatable bonds is 5. The second kappa shape index (κ2) is 4.88. The quantitative estimate of drug-likeness (QED) is 0.825. The Kier molecular flexibility index (Phi) is 3.49. The maximum atomic E-state index is 6.18. The maximum Gasteiger partial charge on any atom is 0.120 e. The summed E-state index contributed by atoms with van der Waals surface area (Å²) in [6, 6.07) is 8.36. The number of ether oxygens (including phenoxy) is 1. The lowest BCUT2D eigenvalue weighted by atomic mass is 10.0. The molecule has 1 aliphatic rings. The molecule has 2 rings (SSSR count). The lowest BCUT2D eigenvalue weighted by Gasteiger charge is -2.14. The summed E-state index contributed by atoms with van der Waals surface area (Å²) in [5, 5.41) is 0. The summed E-state index contributed by atoms with van der Waals surface area (Å²) in [6.45, 7) is 4.08. The molecule has 0 aromatic heterocycles. The van der Waals surface area contributed by atoms with Crippen LogP contribution in [0, 0.1) is 5.92 Å². The third-order valence-corrected chi connectivity index (χ3v) is 2.94. The van der Waals surface area contributed by atoms with Crippen molar-refractivity contribution < 1.29 is 4.74 Å². The molecule has 0 aliphatic heterocycles. The molecule has 1 aromatic carbocycles. The molecule has 0 saturated heterocycles. The Morgan fingerprint density at radius 2 is 2.12 bits per heavy atom. The van der Waals surface area contributed by atoms with E-state index in [0.29, 0.717) is 0 Å². The molecule has 1 fully saturated rings. The van der Waals surface area contributed by atoms with E-state index in [-0.39, 0.29) is 12.1 Å². The van der Waals surface area contributed by atoms with Crippen molar-refractivity contribution in [1.29, 1.82) is 0 Å². The standard InChI is InChI=1S/C14H21NO/c1-10(2)16-13-5-3-4-12(9-13)14(15)8-11-6-7-11/h3-5,9-11,14H,6-8,15H2,1-2H3. The van der Waals surface area contributed by atoms with E-state index in [2.05, 4.69) is 12.1 Å². The molecule has 1 atom stereocenters. The molecule has 16 heavy (non-hydrogen) atoms. The summed E-state index contributed by atoms with van der Waals surface area (Å²) in [4.78, 5) is 0. The van der Waals surface area contributed by atoms with Crippen LogP contribution in [0.25, 0.3) is 0 Å². The smallest absolute Gasteiger partial charge is 0.120 e. The normalized spacial score (nSPS) is 17.5. The van der Waals surface area contributed by atoms with E-state index >= 15 is 0 Å². The summed E-state index contributed by atoms with van der Waals surface area (Å²) in [6.07, 6.45) is 4.05. The summed E-state index contributed by atoms with van der Waals surface area (Å²) in [5.41, 5.74) is 7.38. The fourth-order valence-corrected chi connectivity index (χ4v) is 1.94. The van der Waals surface area contributed by atoms with Crippen LogP contribution in [0.2, 0.25) is 0 Å². The average Bonchev–Trinajstić information content (AvgIpc) is 3.01. The molecule has 1 saturated carbocycles.